The molecule has 0 unspecified atom stereocenters. The van der Waals surface area contributed by atoms with E-state index in [1.807, 2.05) is 6.07 Å². The SMILES string of the molecule is CCCc1cc2c(=O)n([C@@H](C)C(=O)NN=C3C4CC5CC(C4)CC3C5)cnc2s1. The molecule has 0 saturated heterocycles. The molecule has 0 aliphatic heterocycles. The Morgan fingerprint density at radius 1 is 1.28 bits per heavy atom. The number of carbonyl (C=O) groups is 1. The van der Waals surface area contributed by atoms with E-state index in [1.165, 1.54) is 48.7 Å². The van der Waals surface area contributed by atoms with E-state index in [9.17, 15) is 9.59 Å². The number of thiophene rings is 1. The zero-order valence-corrected chi connectivity index (χ0v) is 17.9. The molecule has 0 radical (unpaired) electrons. The smallest absolute Gasteiger partial charge is 0.262 e. The first kappa shape index (κ1) is 19.0. The highest BCUT2D eigenvalue weighted by Crippen LogP contribution is 2.52. The molecular weight excluding hydrogens is 384 g/mol. The van der Waals surface area contributed by atoms with Crippen molar-refractivity contribution in [2.45, 2.75) is 64.8 Å². The molecule has 6 rings (SSSR count). The molecule has 4 aliphatic carbocycles. The van der Waals surface area contributed by atoms with Crippen LogP contribution in [0, 0.1) is 23.7 Å². The van der Waals surface area contributed by atoms with Crippen LogP contribution in [0.25, 0.3) is 10.2 Å². The summed E-state index contributed by atoms with van der Waals surface area (Å²) in [6, 6.07) is 1.28. The zero-order valence-electron chi connectivity index (χ0n) is 17.1. The van der Waals surface area contributed by atoms with Crippen molar-refractivity contribution in [3.05, 3.63) is 27.6 Å². The minimum absolute atomic E-state index is 0.154. The van der Waals surface area contributed by atoms with Crippen LogP contribution in [0.15, 0.2) is 22.3 Å². The lowest BCUT2D eigenvalue weighted by atomic mass is 9.55. The molecule has 4 bridgehead atoms. The number of aromatic nitrogens is 2. The average molecular weight is 413 g/mol. The predicted octanol–water partition coefficient (Wildman–Crippen LogP) is 3.90. The van der Waals surface area contributed by atoms with E-state index in [0.29, 0.717) is 17.2 Å². The molecule has 2 aromatic rings. The van der Waals surface area contributed by atoms with Crippen molar-refractivity contribution in [1.82, 2.24) is 15.0 Å². The first-order valence-corrected chi connectivity index (χ1v) is 11.7. The van der Waals surface area contributed by atoms with E-state index in [2.05, 4.69) is 22.4 Å². The average Bonchev–Trinajstić information content (AvgIpc) is 3.10. The van der Waals surface area contributed by atoms with Gasteiger partial charge < -0.3 is 0 Å². The molecule has 4 aliphatic rings. The second-order valence-corrected chi connectivity index (χ2v) is 10.2. The Kier molecular flexibility index (Phi) is 4.81. The molecule has 4 saturated carbocycles. The number of hydrogen-bond acceptors (Lipinski definition) is 5. The van der Waals surface area contributed by atoms with Gasteiger partial charge in [-0.3, -0.25) is 14.2 Å². The highest BCUT2D eigenvalue weighted by molar-refractivity contribution is 7.18. The first-order chi connectivity index (χ1) is 14.0. The Morgan fingerprint density at radius 3 is 2.62 bits per heavy atom. The molecule has 0 aromatic carbocycles. The Hall–Kier alpha value is -2.02. The Balaban J connectivity index is 1.34. The fourth-order valence-corrected chi connectivity index (χ4v) is 6.91. The summed E-state index contributed by atoms with van der Waals surface area (Å²) in [5.74, 6) is 2.57. The summed E-state index contributed by atoms with van der Waals surface area (Å²) >= 11 is 1.56. The van der Waals surface area contributed by atoms with E-state index in [0.717, 1.165) is 34.4 Å². The number of aryl methyl sites for hydroxylation is 1. The van der Waals surface area contributed by atoms with E-state index in [1.54, 1.807) is 18.3 Å². The van der Waals surface area contributed by atoms with Gasteiger partial charge in [0.1, 0.15) is 10.9 Å². The van der Waals surface area contributed by atoms with E-state index in [-0.39, 0.29) is 11.5 Å². The molecule has 2 aromatic heterocycles. The molecule has 1 N–H and O–H groups in total. The van der Waals surface area contributed by atoms with Crippen molar-refractivity contribution in [3.63, 3.8) is 0 Å². The number of hydrogen-bond donors (Lipinski definition) is 1. The van der Waals surface area contributed by atoms with Crippen molar-refractivity contribution in [2.75, 3.05) is 0 Å². The molecule has 1 amide bonds. The maximum Gasteiger partial charge on any atom is 0.262 e. The number of amides is 1. The number of rotatable bonds is 5. The van der Waals surface area contributed by atoms with Crippen LogP contribution in [0.4, 0.5) is 0 Å². The standard InChI is InChI=1S/C22H28N4O2S/c1-3-4-17-10-18-21(29-17)23-11-26(22(18)28)12(2)20(27)25-24-19-15-6-13-5-14(8-15)9-16(19)7-13/h10-16H,3-9H2,1-2H3,(H,25,27)/t12-,13?,14?,15?,16?/m0/s1. The normalized spacial score (nSPS) is 28.7. The topological polar surface area (TPSA) is 76.3 Å². The van der Waals surface area contributed by atoms with Gasteiger partial charge in [-0.2, -0.15) is 5.10 Å². The summed E-state index contributed by atoms with van der Waals surface area (Å²) in [4.78, 5) is 32.0. The van der Waals surface area contributed by atoms with Gasteiger partial charge in [-0.05, 0) is 75.2 Å². The van der Waals surface area contributed by atoms with Gasteiger partial charge in [-0.1, -0.05) is 13.3 Å². The van der Waals surface area contributed by atoms with Crippen LogP contribution in [-0.2, 0) is 11.2 Å². The number of fused-ring (bicyclic) bond motifs is 1. The van der Waals surface area contributed by atoms with Crippen LogP contribution in [0.1, 0.15) is 63.3 Å². The van der Waals surface area contributed by atoms with Gasteiger partial charge in [-0.25, -0.2) is 10.4 Å². The summed E-state index contributed by atoms with van der Waals surface area (Å²) in [5, 5.41) is 5.18. The Bertz CT molecular complexity index is 1010. The van der Waals surface area contributed by atoms with Gasteiger partial charge in [0, 0.05) is 10.6 Å². The van der Waals surface area contributed by atoms with E-state index in [4.69, 9.17) is 0 Å². The highest BCUT2D eigenvalue weighted by Gasteiger charge is 2.46. The van der Waals surface area contributed by atoms with Crippen molar-refractivity contribution < 1.29 is 4.79 Å². The van der Waals surface area contributed by atoms with Gasteiger partial charge in [0.15, 0.2) is 0 Å². The van der Waals surface area contributed by atoms with Crippen LogP contribution < -0.4 is 11.0 Å². The molecule has 154 valence electrons. The third-order valence-electron chi connectivity index (χ3n) is 7.09. The summed E-state index contributed by atoms with van der Waals surface area (Å²) in [6.45, 7) is 3.86. The summed E-state index contributed by atoms with van der Waals surface area (Å²) in [5.41, 5.74) is 3.81. The number of nitrogens with one attached hydrogen (secondary N) is 1. The fourth-order valence-electron chi connectivity index (χ4n) is 5.82. The predicted molar refractivity (Wildman–Crippen MR) is 115 cm³/mol. The number of carbonyl (C=O) groups excluding carboxylic acids is 1. The van der Waals surface area contributed by atoms with Crippen molar-refractivity contribution in [1.29, 1.82) is 0 Å². The van der Waals surface area contributed by atoms with Gasteiger partial charge in [0.05, 0.1) is 11.7 Å². The van der Waals surface area contributed by atoms with Crippen LogP contribution >= 0.6 is 11.3 Å². The summed E-state index contributed by atoms with van der Waals surface area (Å²) in [6.07, 6.45) is 9.79. The largest absolute Gasteiger partial charge is 0.286 e. The van der Waals surface area contributed by atoms with E-state index >= 15 is 0 Å². The van der Waals surface area contributed by atoms with Gasteiger partial charge in [0.25, 0.3) is 11.5 Å². The third-order valence-corrected chi connectivity index (χ3v) is 8.19. The summed E-state index contributed by atoms with van der Waals surface area (Å²) < 4.78 is 1.43. The molecule has 29 heavy (non-hydrogen) atoms. The lowest BCUT2D eigenvalue weighted by Crippen LogP contribution is -2.46. The Morgan fingerprint density at radius 2 is 1.97 bits per heavy atom. The fraction of sp³-hybridized carbons (Fsp3) is 0.636. The van der Waals surface area contributed by atoms with Crippen molar-refractivity contribution >= 4 is 33.2 Å². The first-order valence-electron chi connectivity index (χ1n) is 10.9. The minimum Gasteiger partial charge on any atom is -0.286 e. The Labute approximate surface area is 174 Å². The van der Waals surface area contributed by atoms with Crippen LogP contribution in [0.2, 0.25) is 0 Å². The monoisotopic (exact) mass is 412 g/mol. The van der Waals surface area contributed by atoms with Gasteiger partial charge in [0.2, 0.25) is 0 Å². The molecule has 0 spiro atoms. The molecular formula is C22H28N4O2S. The van der Waals surface area contributed by atoms with Crippen molar-refractivity contribution in [2.24, 2.45) is 28.8 Å². The minimum atomic E-state index is -0.643. The third kappa shape index (κ3) is 3.33. The second kappa shape index (κ2) is 7.35. The highest BCUT2D eigenvalue weighted by atomic mass is 32.1. The second-order valence-electron chi connectivity index (χ2n) is 9.13. The summed E-state index contributed by atoms with van der Waals surface area (Å²) in [7, 11) is 0. The van der Waals surface area contributed by atoms with Crippen molar-refractivity contribution in [3.8, 4) is 0 Å². The van der Waals surface area contributed by atoms with Gasteiger partial charge >= 0.3 is 0 Å². The molecule has 7 heteroatoms. The lowest BCUT2D eigenvalue weighted by Gasteiger charge is -2.50. The van der Waals surface area contributed by atoms with E-state index < -0.39 is 6.04 Å². The van der Waals surface area contributed by atoms with Crippen LogP contribution in [-0.4, -0.2) is 21.2 Å². The quantitative estimate of drug-likeness (QED) is 0.757. The molecule has 4 fully saturated rings. The number of nitrogens with zero attached hydrogens (tertiary/aromatic N) is 3. The maximum absolute atomic E-state index is 12.9. The molecule has 2 heterocycles. The number of hydrazone groups is 1. The zero-order chi connectivity index (χ0) is 20.1. The molecule has 1 atom stereocenters. The lowest BCUT2D eigenvalue weighted by molar-refractivity contribution is -0.123. The maximum atomic E-state index is 12.9. The van der Waals surface area contributed by atoms with Crippen LogP contribution in [0.5, 0.6) is 0 Å². The van der Waals surface area contributed by atoms with Crippen LogP contribution in [0.3, 0.4) is 0 Å². The molecule has 6 nitrogen and oxygen atoms in total. The van der Waals surface area contributed by atoms with Gasteiger partial charge in [-0.15, -0.1) is 11.3 Å².